The monoisotopic (exact) mass is 415 g/mol. The highest BCUT2D eigenvalue weighted by atomic mass is 16.5. The summed E-state index contributed by atoms with van der Waals surface area (Å²) in [5.41, 5.74) is 2.97. The van der Waals surface area contributed by atoms with Gasteiger partial charge in [-0.05, 0) is 70.8 Å². The second kappa shape index (κ2) is 10.1. The van der Waals surface area contributed by atoms with Crippen molar-refractivity contribution in [3.8, 4) is 16.9 Å². The van der Waals surface area contributed by atoms with Gasteiger partial charge in [-0.2, -0.15) is 0 Å². The number of nitrogens with zero attached hydrogens (tertiary/aromatic N) is 1. The number of hydrogen-bond acceptors (Lipinski definition) is 6. The second-order valence-corrected chi connectivity index (χ2v) is 8.04. The topological polar surface area (TPSA) is 85.6 Å². The molecule has 0 spiro atoms. The van der Waals surface area contributed by atoms with Crippen LogP contribution in [0.25, 0.3) is 11.1 Å². The van der Waals surface area contributed by atoms with Crippen LogP contribution in [0.15, 0.2) is 22.7 Å². The molecular weight excluding hydrogens is 382 g/mol. The Morgan fingerprint density at radius 3 is 2.40 bits per heavy atom. The molecular formula is C23H33N3O4. The smallest absolute Gasteiger partial charge is 0.227 e. The van der Waals surface area contributed by atoms with Crippen molar-refractivity contribution in [3.05, 3.63) is 29.7 Å². The average Bonchev–Trinajstić information content (AvgIpc) is 3.46. The number of anilines is 1. The fourth-order valence-electron chi connectivity index (χ4n) is 3.74. The highest BCUT2D eigenvalue weighted by Crippen LogP contribution is 2.42. The molecule has 0 radical (unpaired) electrons. The molecule has 1 aromatic carbocycles. The zero-order valence-electron chi connectivity index (χ0n) is 18.5. The maximum absolute atomic E-state index is 12.3. The number of rotatable bonds is 6. The Morgan fingerprint density at radius 1 is 1.20 bits per heavy atom. The highest BCUT2D eigenvalue weighted by Gasteiger charge is 2.44. The number of piperidine rings is 1. The Balaban J connectivity index is 0.000000367. The first-order valence-electron chi connectivity index (χ1n) is 10.6. The molecule has 2 aromatic rings. The largest absolute Gasteiger partial charge is 0.496 e. The van der Waals surface area contributed by atoms with Crippen LogP contribution in [-0.2, 0) is 9.53 Å². The molecule has 7 nitrogen and oxygen atoms in total. The minimum absolute atomic E-state index is 0.0516. The first kappa shape index (κ1) is 22.3. The molecule has 1 amide bonds. The van der Waals surface area contributed by atoms with Gasteiger partial charge in [0, 0.05) is 18.4 Å². The third kappa shape index (κ3) is 5.61. The van der Waals surface area contributed by atoms with E-state index in [0.29, 0.717) is 23.6 Å². The van der Waals surface area contributed by atoms with E-state index in [4.69, 9.17) is 14.0 Å². The van der Waals surface area contributed by atoms with E-state index >= 15 is 0 Å². The van der Waals surface area contributed by atoms with Gasteiger partial charge in [-0.15, -0.1) is 0 Å². The van der Waals surface area contributed by atoms with Crippen molar-refractivity contribution >= 4 is 11.6 Å². The van der Waals surface area contributed by atoms with Gasteiger partial charge < -0.3 is 24.6 Å². The lowest BCUT2D eigenvalue weighted by molar-refractivity contribution is -0.119. The number of nitrogens with one attached hydrogen (secondary N) is 2. The molecule has 2 aliphatic rings. The molecule has 30 heavy (non-hydrogen) atoms. The summed E-state index contributed by atoms with van der Waals surface area (Å²) in [5, 5.41) is 10.2. The number of amides is 1. The summed E-state index contributed by atoms with van der Waals surface area (Å²) in [5.74, 6) is 1.37. The van der Waals surface area contributed by atoms with Crippen LogP contribution >= 0.6 is 0 Å². The van der Waals surface area contributed by atoms with Crippen molar-refractivity contribution in [2.45, 2.75) is 58.0 Å². The van der Waals surface area contributed by atoms with Gasteiger partial charge in [0.15, 0.2) is 0 Å². The molecule has 2 N–H and O–H groups in total. The summed E-state index contributed by atoms with van der Waals surface area (Å²) in [7, 11) is 3.27. The van der Waals surface area contributed by atoms with E-state index in [1.54, 1.807) is 14.2 Å². The number of hydrogen-bond donors (Lipinski definition) is 2. The van der Waals surface area contributed by atoms with Gasteiger partial charge in [-0.1, -0.05) is 11.6 Å². The molecule has 1 aliphatic carbocycles. The number of aromatic nitrogens is 1. The molecule has 1 aliphatic heterocycles. The molecule has 1 aromatic heterocycles. The number of ether oxygens (including phenoxy) is 2. The molecule has 1 saturated heterocycles. The number of carbonyl (C=O) groups excluding carboxylic acids is 1. The molecule has 0 bridgehead atoms. The van der Waals surface area contributed by atoms with Gasteiger partial charge in [-0.25, -0.2) is 0 Å². The van der Waals surface area contributed by atoms with Crippen molar-refractivity contribution in [2.24, 2.45) is 0 Å². The first-order valence-corrected chi connectivity index (χ1v) is 10.6. The maximum Gasteiger partial charge on any atom is 0.227 e. The van der Waals surface area contributed by atoms with Crippen LogP contribution in [0.5, 0.6) is 5.75 Å². The Morgan fingerprint density at radius 2 is 1.93 bits per heavy atom. The highest BCUT2D eigenvalue weighted by molar-refractivity contribution is 5.93. The standard InChI is InChI=1S/C18H22N2O4.C5H11N/c1-11-17(12(2)24-20-11)14-9-13(5-6-15(14)22-3)19-16(21)10-18(23-4)7-8-18;1-2-4-6-5-3-1/h5-6,9H,7-8,10H2,1-4H3,(H,19,21);6H,1-5H2. The van der Waals surface area contributed by atoms with Crippen LogP contribution in [0.2, 0.25) is 0 Å². The molecule has 7 heteroatoms. The van der Waals surface area contributed by atoms with Gasteiger partial charge >= 0.3 is 0 Å². The second-order valence-electron chi connectivity index (χ2n) is 8.04. The van der Waals surface area contributed by atoms with Crippen molar-refractivity contribution in [3.63, 3.8) is 0 Å². The van der Waals surface area contributed by atoms with Crippen LogP contribution in [-0.4, -0.2) is 44.0 Å². The van der Waals surface area contributed by atoms with E-state index in [1.165, 1.54) is 32.4 Å². The fourth-order valence-corrected chi connectivity index (χ4v) is 3.74. The zero-order chi connectivity index (χ0) is 21.6. The quantitative estimate of drug-likeness (QED) is 0.734. The van der Waals surface area contributed by atoms with E-state index < -0.39 is 0 Å². The van der Waals surface area contributed by atoms with Gasteiger partial charge in [0.1, 0.15) is 11.5 Å². The lowest BCUT2D eigenvalue weighted by Crippen LogP contribution is -2.22. The lowest BCUT2D eigenvalue weighted by atomic mass is 10.0. The number of aryl methyl sites for hydroxylation is 2. The van der Waals surface area contributed by atoms with E-state index in [2.05, 4.69) is 15.8 Å². The van der Waals surface area contributed by atoms with Crippen molar-refractivity contribution in [2.75, 3.05) is 32.6 Å². The predicted octanol–water partition coefficient (Wildman–Crippen LogP) is 4.23. The molecule has 2 fully saturated rings. The zero-order valence-corrected chi connectivity index (χ0v) is 18.5. The fraction of sp³-hybridized carbons (Fsp3) is 0.565. The van der Waals surface area contributed by atoms with Crippen LogP contribution in [0, 0.1) is 13.8 Å². The number of methoxy groups -OCH3 is 2. The van der Waals surface area contributed by atoms with E-state index in [-0.39, 0.29) is 11.5 Å². The summed E-state index contributed by atoms with van der Waals surface area (Å²) in [6.45, 7) is 6.24. The number of benzene rings is 1. The van der Waals surface area contributed by atoms with Gasteiger partial charge in [0.25, 0.3) is 0 Å². The molecule has 1 saturated carbocycles. The maximum atomic E-state index is 12.3. The van der Waals surface area contributed by atoms with Crippen molar-refractivity contribution in [1.29, 1.82) is 0 Å². The summed E-state index contributed by atoms with van der Waals surface area (Å²) >= 11 is 0. The summed E-state index contributed by atoms with van der Waals surface area (Å²) in [4.78, 5) is 12.3. The minimum atomic E-state index is -0.263. The Labute approximate surface area is 178 Å². The van der Waals surface area contributed by atoms with Crippen molar-refractivity contribution in [1.82, 2.24) is 10.5 Å². The summed E-state index contributed by atoms with van der Waals surface area (Å²) < 4.78 is 16.1. The van der Waals surface area contributed by atoms with E-state index in [9.17, 15) is 4.79 Å². The Hall–Kier alpha value is -2.38. The Bertz CT molecular complexity index is 823. The van der Waals surface area contributed by atoms with Gasteiger partial charge in [0.05, 0.1) is 30.4 Å². The molecule has 4 rings (SSSR count). The average molecular weight is 416 g/mol. The minimum Gasteiger partial charge on any atom is -0.496 e. The normalized spacial score (nSPS) is 16.9. The van der Waals surface area contributed by atoms with E-state index in [1.807, 2.05) is 32.0 Å². The molecule has 0 unspecified atom stereocenters. The SMILES string of the molecule is C1CCNCC1.COc1ccc(NC(=O)CC2(OC)CC2)cc1-c1c(C)noc1C. The summed E-state index contributed by atoms with van der Waals surface area (Å²) in [6, 6.07) is 5.54. The van der Waals surface area contributed by atoms with Gasteiger partial charge in [0.2, 0.25) is 5.91 Å². The van der Waals surface area contributed by atoms with Crippen LogP contribution < -0.4 is 15.4 Å². The number of carbonyl (C=O) groups is 1. The summed E-state index contributed by atoms with van der Waals surface area (Å²) in [6.07, 6.45) is 6.46. The van der Waals surface area contributed by atoms with Gasteiger partial charge in [-0.3, -0.25) is 4.79 Å². The van der Waals surface area contributed by atoms with E-state index in [0.717, 1.165) is 29.7 Å². The lowest BCUT2D eigenvalue weighted by Gasteiger charge is -2.14. The molecule has 0 atom stereocenters. The van der Waals surface area contributed by atoms with Crippen LogP contribution in [0.3, 0.4) is 0 Å². The van der Waals surface area contributed by atoms with Crippen molar-refractivity contribution < 1.29 is 18.8 Å². The molecule has 164 valence electrons. The van der Waals surface area contributed by atoms with Crippen LogP contribution in [0.4, 0.5) is 5.69 Å². The third-order valence-electron chi connectivity index (χ3n) is 5.72. The predicted molar refractivity (Wildman–Crippen MR) is 117 cm³/mol. The third-order valence-corrected chi connectivity index (χ3v) is 5.72. The first-order chi connectivity index (χ1) is 14.5. The molecule has 2 heterocycles. The Kier molecular flexibility index (Phi) is 7.50. The van der Waals surface area contributed by atoms with Crippen LogP contribution in [0.1, 0.15) is 50.0 Å².